The molecule has 6 nitrogen and oxygen atoms in total. The molecule has 1 aliphatic rings. The molecule has 4 rings (SSSR count). The van der Waals surface area contributed by atoms with E-state index in [1.165, 1.54) is 0 Å². The predicted molar refractivity (Wildman–Crippen MR) is 115 cm³/mol. The average molecular weight is 407 g/mol. The van der Waals surface area contributed by atoms with Crippen LogP contribution in [0.2, 0.25) is 0 Å². The van der Waals surface area contributed by atoms with Gasteiger partial charge in [0.2, 0.25) is 5.91 Å². The van der Waals surface area contributed by atoms with Crippen LogP contribution in [0.4, 0.5) is 5.69 Å². The lowest BCUT2D eigenvalue weighted by Crippen LogP contribution is -2.44. The van der Waals surface area contributed by atoms with E-state index in [9.17, 15) is 9.59 Å². The molecule has 1 atom stereocenters. The molecule has 1 fully saturated rings. The number of likely N-dealkylation sites (tertiary alicyclic amines) is 1. The van der Waals surface area contributed by atoms with Crippen LogP contribution < -0.4 is 5.32 Å². The second-order valence-corrected chi connectivity index (χ2v) is 7.48. The summed E-state index contributed by atoms with van der Waals surface area (Å²) in [5.41, 5.74) is 2.08. The molecule has 1 unspecified atom stereocenters. The molecule has 29 heavy (non-hydrogen) atoms. The minimum Gasteiger partial charge on any atom is -0.337 e. The third-order valence-corrected chi connectivity index (χ3v) is 5.43. The van der Waals surface area contributed by atoms with Crippen LogP contribution in [0, 0.1) is 10.7 Å². The zero-order valence-corrected chi connectivity index (χ0v) is 16.7. The maximum atomic E-state index is 13.2. The molecule has 1 aliphatic heterocycles. The van der Waals surface area contributed by atoms with E-state index in [-0.39, 0.29) is 17.7 Å². The van der Waals surface area contributed by atoms with E-state index in [0.29, 0.717) is 23.6 Å². The van der Waals surface area contributed by atoms with Crippen molar-refractivity contribution in [1.29, 1.82) is 0 Å². The van der Waals surface area contributed by atoms with Gasteiger partial charge in [-0.25, -0.2) is 0 Å². The highest BCUT2D eigenvalue weighted by Gasteiger charge is 2.30. The number of hydrogen-bond acceptors (Lipinski definition) is 3. The lowest BCUT2D eigenvalue weighted by atomic mass is 9.96. The Balaban J connectivity index is 1.51. The minimum atomic E-state index is -0.236. The number of piperidine rings is 1. The third kappa shape index (κ3) is 4.14. The predicted octanol–water partition coefficient (Wildman–Crippen LogP) is 4.03. The van der Waals surface area contributed by atoms with Crippen LogP contribution in [0.1, 0.15) is 23.3 Å². The number of para-hydroxylation sites is 2. The van der Waals surface area contributed by atoms with Crippen molar-refractivity contribution in [3.05, 3.63) is 77.3 Å². The molecule has 2 heterocycles. The molecule has 1 saturated heterocycles. The maximum Gasteiger partial charge on any atom is 0.272 e. The molecule has 1 aromatic heterocycles. The van der Waals surface area contributed by atoms with Gasteiger partial charge in [-0.1, -0.05) is 36.4 Å². The molecule has 0 aliphatic carbocycles. The number of nitrogens with one attached hydrogen (secondary N) is 2. The highest BCUT2D eigenvalue weighted by molar-refractivity contribution is 7.71. The fourth-order valence-electron chi connectivity index (χ4n) is 3.66. The zero-order chi connectivity index (χ0) is 20.2. The number of carbonyl (C=O) groups is 2. The molecule has 0 saturated carbocycles. The van der Waals surface area contributed by atoms with Crippen molar-refractivity contribution in [2.45, 2.75) is 12.8 Å². The third-order valence-electron chi connectivity index (χ3n) is 5.13. The first-order valence-corrected chi connectivity index (χ1v) is 10.1. The Labute approximate surface area is 174 Å². The fourth-order valence-corrected chi connectivity index (χ4v) is 3.93. The summed E-state index contributed by atoms with van der Waals surface area (Å²) in [7, 11) is 0. The average Bonchev–Trinajstić information content (AvgIpc) is 3.16. The first kappa shape index (κ1) is 19.1. The summed E-state index contributed by atoms with van der Waals surface area (Å²) < 4.78 is 2.21. The van der Waals surface area contributed by atoms with Crippen LogP contribution in [0.3, 0.4) is 0 Å². The summed E-state index contributed by atoms with van der Waals surface area (Å²) in [6.07, 6.45) is 3.20. The highest BCUT2D eigenvalue weighted by Crippen LogP contribution is 2.22. The van der Waals surface area contributed by atoms with Gasteiger partial charge in [-0.3, -0.25) is 14.2 Å². The molecule has 3 aromatic rings. The van der Waals surface area contributed by atoms with Crippen LogP contribution in [-0.4, -0.2) is 39.4 Å². The topological polar surface area (TPSA) is 70.1 Å². The molecule has 0 bridgehead atoms. The smallest absolute Gasteiger partial charge is 0.272 e. The van der Waals surface area contributed by atoms with Gasteiger partial charge < -0.3 is 15.2 Å². The SMILES string of the molecule is O=C(Nc1ccccc1)C1CCCN(C(=O)c2c[nH]c(=S)n2-c2ccccc2)C1. The standard InChI is InChI=1S/C22H22N4O2S/c27-20(24-17-9-3-1-4-10-17)16-8-7-13-25(15-16)21(28)19-14-23-22(29)26(19)18-11-5-2-6-12-18/h1-6,9-12,14,16H,7-8,13,15H2,(H,23,29)(H,24,27). The van der Waals surface area contributed by atoms with E-state index in [4.69, 9.17) is 12.2 Å². The van der Waals surface area contributed by atoms with Gasteiger partial charge in [0.05, 0.1) is 5.92 Å². The summed E-state index contributed by atoms with van der Waals surface area (Å²) in [6, 6.07) is 18.9. The van der Waals surface area contributed by atoms with E-state index in [1.807, 2.05) is 60.7 Å². The number of hydrogen-bond donors (Lipinski definition) is 2. The first-order chi connectivity index (χ1) is 14.1. The Morgan fingerprint density at radius 1 is 1.03 bits per heavy atom. The number of nitrogens with zero attached hydrogens (tertiary/aromatic N) is 2. The van der Waals surface area contributed by atoms with Crippen molar-refractivity contribution in [3.8, 4) is 5.69 Å². The van der Waals surface area contributed by atoms with Gasteiger partial charge in [0.1, 0.15) is 5.69 Å². The van der Waals surface area contributed by atoms with Crippen LogP contribution >= 0.6 is 12.2 Å². The number of carbonyl (C=O) groups excluding carboxylic acids is 2. The Morgan fingerprint density at radius 3 is 2.45 bits per heavy atom. The number of aromatic nitrogens is 2. The summed E-state index contributed by atoms with van der Waals surface area (Å²) in [5, 5.41) is 2.95. The minimum absolute atomic E-state index is 0.0531. The molecule has 2 aromatic carbocycles. The quantitative estimate of drug-likeness (QED) is 0.643. The molecule has 0 spiro atoms. The van der Waals surface area contributed by atoms with Crippen molar-refractivity contribution in [2.24, 2.45) is 5.92 Å². The van der Waals surface area contributed by atoms with E-state index in [1.54, 1.807) is 15.7 Å². The number of amides is 2. The van der Waals surface area contributed by atoms with Gasteiger partial charge in [0.15, 0.2) is 4.77 Å². The summed E-state index contributed by atoms with van der Waals surface area (Å²) in [5.74, 6) is -0.416. The Hall–Kier alpha value is -3.19. The molecule has 2 amide bonds. The molecule has 148 valence electrons. The lowest BCUT2D eigenvalue weighted by molar-refractivity contribution is -0.121. The van der Waals surface area contributed by atoms with E-state index >= 15 is 0 Å². The Bertz CT molecular complexity index is 1060. The lowest BCUT2D eigenvalue weighted by Gasteiger charge is -2.32. The number of benzene rings is 2. The largest absolute Gasteiger partial charge is 0.337 e. The highest BCUT2D eigenvalue weighted by atomic mass is 32.1. The number of imidazole rings is 1. The van der Waals surface area contributed by atoms with Crippen molar-refractivity contribution >= 4 is 29.7 Å². The number of H-pyrrole nitrogens is 1. The van der Waals surface area contributed by atoms with E-state index in [0.717, 1.165) is 24.2 Å². The molecule has 0 radical (unpaired) electrons. The number of aromatic amines is 1. The van der Waals surface area contributed by atoms with Crippen molar-refractivity contribution in [3.63, 3.8) is 0 Å². The maximum absolute atomic E-state index is 13.2. The monoisotopic (exact) mass is 406 g/mol. The number of rotatable bonds is 4. The van der Waals surface area contributed by atoms with Crippen LogP contribution in [0.5, 0.6) is 0 Å². The van der Waals surface area contributed by atoms with Crippen molar-refractivity contribution in [1.82, 2.24) is 14.5 Å². The van der Waals surface area contributed by atoms with Gasteiger partial charge >= 0.3 is 0 Å². The molecule has 2 N–H and O–H groups in total. The first-order valence-electron chi connectivity index (χ1n) is 9.64. The normalized spacial score (nSPS) is 16.4. The van der Waals surface area contributed by atoms with Gasteiger partial charge in [-0.05, 0) is 49.3 Å². The van der Waals surface area contributed by atoms with Gasteiger partial charge in [-0.2, -0.15) is 0 Å². The fraction of sp³-hybridized carbons (Fsp3) is 0.227. The van der Waals surface area contributed by atoms with Crippen LogP contribution in [-0.2, 0) is 4.79 Å². The second-order valence-electron chi connectivity index (χ2n) is 7.10. The van der Waals surface area contributed by atoms with Crippen molar-refractivity contribution < 1.29 is 9.59 Å². The van der Waals surface area contributed by atoms with Crippen LogP contribution in [0.15, 0.2) is 66.9 Å². The Kier molecular flexibility index (Phi) is 5.57. The van der Waals surface area contributed by atoms with Gasteiger partial charge in [0, 0.05) is 30.7 Å². The van der Waals surface area contributed by atoms with Gasteiger partial charge in [-0.15, -0.1) is 0 Å². The summed E-state index contributed by atoms with van der Waals surface area (Å²) in [6.45, 7) is 1.02. The van der Waals surface area contributed by atoms with Gasteiger partial charge in [0.25, 0.3) is 5.91 Å². The summed E-state index contributed by atoms with van der Waals surface area (Å²) >= 11 is 5.39. The van der Waals surface area contributed by atoms with Crippen molar-refractivity contribution in [2.75, 3.05) is 18.4 Å². The summed E-state index contributed by atoms with van der Waals surface area (Å²) in [4.78, 5) is 30.6. The molecular formula is C22H22N4O2S. The number of anilines is 1. The molecule has 7 heteroatoms. The van der Waals surface area contributed by atoms with Crippen LogP contribution in [0.25, 0.3) is 5.69 Å². The second kappa shape index (κ2) is 8.45. The zero-order valence-electron chi connectivity index (χ0n) is 15.9. The molecular weight excluding hydrogens is 384 g/mol. The Morgan fingerprint density at radius 2 is 1.72 bits per heavy atom. The van der Waals surface area contributed by atoms with E-state index in [2.05, 4.69) is 10.3 Å². The van der Waals surface area contributed by atoms with E-state index < -0.39 is 0 Å².